The van der Waals surface area contributed by atoms with Crippen LogP contribution in [0.25, 0.3) is 0 Å². The molecule has 110 valence electrons. The van der Waals surface area contributed by atoms with Crippen LogP contribution >= 0.6 is 0 Å². The number of hydrogen-bond donors (Lipinski definition) is 0. The third kappa shape index (κ3) is 1.61. The van der Waals surface area contributed by atoms with Crippen molar-refractivity contribution >= 4 is 6.16 Å². The molecule has 7 atom stereocenters. The minimum absolute atomic E-state index is 0.283. The molecule has 0 radical (unpaired) electrons. The Morgan fingerprint density at radius 1 is 1.25 bits per heavy atom. The van der Waals surface area contributed by atoms with Crippen molar-refractivity contribution in [1.82, 2.24) is 0 Å². The molecule has 0 N–H and O–H groups in total. The van der Waals surface area contributed by atoms with Gasteiger partial charge in [0.25, 0.3) is 0 Å². The molecular formula is C17H24O3. The number of carbonyl (C=O) groups excluding carboxylic acids is 1. The summed E-state index contributed by atoms with van der Waals surface area (Å²) >= 11 is 0. The second kappa shape index (κ2) is 4.25. The lowest BCUT2D eigenvalue weighted by Gasteiger charge is -2.42. The van der Waals surface area contributed by atoms with Crippen LogP contribution in [0.2, 0.25) is 0 Å². The summed E-state index contributed by atoms with van der Waals surface area (Å²) in [6.45, 7) is 4.60. The highest BCUT2D eigenvalue weighted by molar-refractivity contribution is 5.60. The molecule has 7 unspecified atom stereocenters. The first-order valence-corrected chi connectivity index (χ1v) is 8.16. The number of allylic oxidation sites excluding steroid dienone is 2. The van der Waals surface area contributed by atoms with Crippen molar-refractivity contribution in [3.8, 4) is 0 Å². The molecular weight excluding hydrogens is 252 g/mol. The van der Waals surface area contributed by atoms with Gasteiger partial charge in [-0.2, -0.15) is 0 Å². The molecule has 3 fully saturated rings. The van der Waals surface area contributed by atoms with E-state index in [0.29, 0.717) is 12.5 Å². The zero-order valence-corrected chi connectivity index (χ0v) is 12.4. The highest BCUT2D eigenvalue weighted by atomic mass is 16.7. The van der Waals surface area contributed by atoms with Gasteiger partial charge in [-0.05, 0) is 62.2 Å². The van der Waals surface area contributed by atoms with Crippen molar-refractivity contribution in [2.45, 2.75) is 45.1 Å². The van der Waals surface area contributed by atoms with Gasteiger partial charge in [0.15, 0.2) is 0 Å². The van der Waals surface area contributed by atoms with Crippen LogP contribution in [-0.4, -0.2) is 18.4 Å². The van der Waals surface area contributed by atoms with E-state index in [2.05, 4.69) is 19.1 Å². The van der Waals surface area contributed by atoms with Crippen LogP contribution in [0.15, 0.2) is 12.2 Å². The molecule has 0 aromatic rings. The summed E-state index contributed by atoms with van der Waals surface area (Å²) in [6, 6.07) is 0. The summed E-state index contributed by atoms with van der Waals surface area (Å²) in [4.78, 5) is 11.8. The molecule has 0 saturated heterocycles. The van der Waals surface area contributed by atoms with E-state index in [1.807, 2.05) is 6.92 Å². The van der Waals surface area contributed by atoms with Crippen LogP contribution < -0.4 is 0 Å². The SMILES string of the molecule is CCCOC(=O)OC1(C)CC2CC1C1C3C=CC(C3)C21. The number of ether oxygens (including phenoxy) is 2. The van der Waals surface area contributed by atoms with Crippen LogP contribution in [0.4, 0.5) is 4.79 Å². The molecule has 0 aliphatic heterocycles. The van der Waals surface area contributed by atoms with E-state index in [1.165, 1.54) is 12.8 Å². The Hall–Kier alpha value is -0.990. The van der Waals surface area contributed by atoms with Gasteiger partial charge >= 0.3 is 6.16 Å². The van der Waals surface area contributed by atoms with Crippen LogP contribution in [-0.2, 0) is 9.47 Å². The lowest BCUT2D eigenvalue weighted by atomic mass is 9.68. The molecule has 0 heterocycles. The van der Waals surface area contributed by atoms with Crippen LogP contribution in [0.3, 0.4) is 0 Å². The summed E-state index contributed by atoms with van der Waals surface area (Å²) in [5.41, 5.74) is -0.283. The smallest absolute Gasteiger partial charge is 0.434 e. The zero-order valence-electron chi connectivity index (χ0n) is 12.4. The zero-order chi connectivity index (χ0) is 13.9. The summed E-state index contributed by atoms with van der Waals surface area (Å²) in [5, 5.41) is 0. The Balaban J connectivity index is 1.49. The second-order valence-corrected chi connectivity index (χ2v) is 7.42. The molecule has 4 bridgehead atoms. The molecule has 3 saturated carbocycles. The molecule has 0 aromatic heterocycles. The van der Waals surface area contributed by atoms with Gasteiger partial charge in [-0.3, -0.25) is 0 Å². The minimum Gasteiger partial charge on any atom is -0.434 e. The Bertz CT molecular complexity index is 457. The third-order valence-electron chi connectivity index (χ3n) is 6.34. The standard InChI is InChI=1S/C17H24O3/c1-3-6-19-16(18)20-17(2)9-12-8-13(17)15-11-5-4-10(7-11)14(12)15/h4-5,10-15H,3,6-9H2,1-2H3. The van der Waals surface area contributed by atoms with Gasteiger partial charge in [0.1, 0.15) is 5.60 Å². The quantitative estimate of drug-likeness (QED) is 0.447. The highest BCUT2D eigenvalue weighted by Gasteiger charge is 2.66. The van der Waals surface area contributed by atoms with Crippen LogP contribution in [0.1, 0.15) is 39.5 Å². The van der Waals surface area contributed by atoms with Crippen LogP contribution in [0, 0.1) is 35.5 Å². The summed E-state index contributed by atoms with van der Waals surface area (Å²) < 4.78 is 10.9. The number of carbonyl (C=O) groups is 1. The van der Waals surface area contributed by atoms with E-state index in [4.69, 9.17) is 9.47 Å². The van der Waals surface area contributed by atoms with Gasteiger partial charge in [-0.1, -0.05) is 19.1 Å². The molecule has 0 amide bonds. The van der Waals surface area contributed by atoms with Crippen molar-refractivity contribution in [2.75, 3.05) is 6.61 Å². The maximum Gasteiger partial charge on any atom is 0.508 e. The fourth-order valence-corrected chi connectivity index (χ4v) is 5.84. The third-order valence-corrected chi connectivity index (χ3v) is 6.34. The lowest BCUT2D eigenvalue weighted by Crippen LogP contribution is -2.45. The average Bonchev–Trinajstić information content (AvgIpc) is 3.12. The fraction of sp³-hybridized carbons (Fsp3) is 0.824. The minimum atomic E-state index is -0.461. The number of fused-ring (bicyclic) bond motifs is 9. The Morgan fingerprint density at radius 3 is 2.75 bits per heavy atom. The van der Waals surface area contributed by atoms with Gasteiger partial charge in [-0.25, -0.2) is 4.79 Å². The van der Waals surface area contributed by atoms with Gasteiger partial charge in [0.05, 0.1) is 6.61 Å². The molecule has 4 rings (SSSR count). The van der Waals surface area contributed by atoms with Gasteiger partial charge in [0, 0.05) is 5.92 Å². The van der Waals surface area contributed by atoms with E-state index in [9.17, 15) is 4.79 Å². The number of rotatable bonds is 3. The lowest BCUT2D eigenvalue weighted by molar-refractivity contribution is -0.0790. The van der Waals surface area contributed by atoms with Crippen molar-refractivity contribution < 1.29 is 14.3 Å². The Labute approximate surface area is 120 Å². The topological polar surface area (TPSA) is 35.5 Å². The summed E-state index contributed by atoms with van der Waals surface area (Å²) in [6.07, 6.45) is 8.88. The molecule has 20 heavy (non-hydrogen) atoms. The largest absolute Gasteiger partial charge is 0.508 e. The van der Waals surface area contributed by atoms with Gasteiger partial charge < -0.3 is 9.47 Å². The summed E-state index contributed by atoms with van der Waals surface area (Å²) in [7, 11) is 0. The highest BCUT2D eigenvalue weighted by Crippen LogP contribution is 2.68. The van der Waals surface area contributed by atoms with E-state index in [-0.39, 0.29) is 5.60 Å². The predicted octanol–water partition coefficient (Wildman–Crippen LogP) is 3.79. The molecule has 4 aliphatic carbocycles. The van der Waals surface area contributed by atoms with Crippen molar-refractivity contribution in [3.05, 3.63) is 12.2 Å². The van der Waals surface area contributed by atoms with Crippen molar-refractivity contribution in [3.63, 3.8) is 0 Å². The Morgan fingerprint density at radius 2 is 2.00 bits per heavy atom. The molecule has 3 heteroatoms. The molecule has 0 aromatic carbocycles. The molecule has 3 nitrogen and oxygen atoms in total. The maximum absolute atomic E-state index is 11.8. The van der Waals surface area contributed by atoms with Crippen molar-refractivity contribution in [2.24, 2.45) is 35.5 Å². The van der Waals surface area contributed by atoms with Crippen LogP contribution in [0.5, 0.6) is 0 Å². The molecule has 0 spiro atoms. The first-order valence-electron chi connectivity index (χ1n) is 8.16. The maximum atomic E-state index is 11.8. The average molecular weight is 276 g/mol. The van der Waals surface area contributed by atoms with Gasteiger partial charge in [0.2, 0.25) is 0 Å². The molecule has 4 aliphatic rings. The summed E-state index contributed by atoms with van der Waals surface area (Å²) in [5.74, 6) is 4.50. The van der Waals surface area contributed by atoms with Gasteiger partial charge in [-0.15, -0.1) is 0 Å². The van der Waals surface area contributed by atoms with E-state index >= 15 is 0 Å². The monoisotopic (exact) mass is 276 g/mol. The second-order valence-electron chi connectivity index (χ2n) is 7.42. The fourth-order valence-electron chi connectivity index (χ4n) is 5.84. The predicted molar refractivity (Wildman–Crippen MR) is 75.1 cm³/mol. The van der Waals surface area contributed by atoms with E-state index in [0.717, 1.165) is 42.4 Å². The first kappa shape index (κ1) is 12.7. The van der Waals surface area contributed by atoms with Crippen molar-refractivity contribution in [1.29, 1.82) is 0 Å². The van der Waals surface area contributed by atoms with E-state index < -0.39 is 6.16 Å². The number of hydrogen-bond acceptors (Lipinski definition) is 3. The first-order chi connectivity index (χ1) is 9.62. The normalized spacial score (nSPS) is 50.5. The van der Waals surface area contributed by atoms with E-state index in [1.54, 1.807) is 0 Å². The Kier molecular flexibility index (Phi) is 2.71.